The van der Waals surface area contributed by atoms with Gasteiger partial charge in [0.1, 0.15) is 16.6 Å². The Morgan fingerprint density at radius 2 is 2.13 bits per heavy atom. The number of benzene rings is 1. The van der Waals surface area contributed by atoms with E-state index >= 15 is 0 Å². The van der Waals surface area contributed by atoms with Crippen molar-refractivity contribution in [3.05, 3.63) is 51.5 Å². The number of nitrogens with one attached hydrogen (secondary N) is 1. The van der Waals surface area contributed by atoms with E-state index in [0.717, 1.165) is 17.1 Å². The molecule has 1 N–H and O–H groups in total. The normalized spacial score (nSPS) is 15.2. The molecule has 1 atom stereocenters. The van der Waals surface area contributed by atoms with Crippen LogP contribution in [0.2, 0.25) is 0 Å². The number of halogens is 2. The molecule has 0 radical (unpaired) electrons. The third-order valence-electron chi connectivity index (χ3n) is 4.04. The van der Waals surface area contributed by atoms with Crippen molar-refractivity contribution in [2.45, 2.75) is 32.4 Å². The van der Waals surface area contributed by atoms with Crippen molar-refractivity contribution in [3.63, 3.8) is 0 Å². The minimum Gasteiger partial charge on any atom is -0.329 e. The number of carbonyl (C=O) groups excluding carboxylic acids is 1. The average Bonchev–Trinajstić information content (AvgIpc) is 3.10. The fourth-order valence-corrected chi connectivity index (χ4v) is 3.53. The summed E-state index contributed by atoms with van der Waals surface area (Å²) < 4.78 is 27.6. The predicted octanol–water partition coefficient (Wildman–Crippen LogP) is 3.64. The van der Waals surface area contributed by atoms with E-state index in [9.17, 15) is 13.6 Å². The summed E-state index contributed by atoms with van der Waals surface area (Å²) in [4.78, 5) is 18.2. The monoisotopic (exact) mass is 337 g/mol. The van der Waals surface area contributed by atoms with E-state index in [-0.39, 0.29) is 24.2 Å². The standard InChI is InChI=1S/C16H17F2N3OS/c1-2-14(15-19-6-8-23-15)20-16(22)21-7-5-10-11(9-21)13(18)4-3-12(10)17/h3-4,6,8,14H,2,5,7,9H2,1H3,(H,20,22). The second-order valence-electron chi connectivity index (χ2n) is 5.44. The van der Waals surface area contributed by atoms with Crippen molar-refractivity contribution in [3.8, 4) is 0 Å². The molecule has 2 aromatic rings. The summed E-state index contributed by atoms with van der Waals surface area (Å²) in [6.45, 7) is 2.42. The zero-order valence-corrected chi connectivity index (χ0v) is 13.5. The smallest absolute Gasteiger partial charge is 0.318 e. The highest BCUT2D eigenvalue weighted by Crippen LogP contribution is 2.25. The molecule has 2 heterocycles. The van der Waals surface area contributed by atoms with E-state index in [2.05, 4.69) is 10.3 Å². The second-order valence-corrected chi connectivity index (χ2v) is 6.36. The fraction of sp³-hybridized carbons (Fsp3) is 0.375. The lowest BCUT2D eigenvalue weighted by Crippen LogP contribution is -2.44. The van der Waals surface area contributed by atoms with Crippen molar-refractivity contribution in [1.82, 2.24) is 15.2 Å². The van der Waals surface area contributed by atoms with E-state index in [1.54, 1.807) is 6.20 Å². The van der Waals surface area contributed by atoms with Crippen LogP contribution < -0.4 is 5.32 Å². The second kappa shape index (κ2) is 6.62. The molecular formula is C16H17F2N3OS. The minimum absolute atomic E-state index is 0.0824. The predicted molar refractivity (Wildman–Crippen MR) is 84.1 cm³/mol. The summed E-state index contributed by atoms with van der Waals surface area (Å²) in [6, 6.07) is 1.81. The van der Waals surface area contributed by atoms with E-state index in [1.807, 2.05) is 12.3 Å². The number of hydrogen-bond donors (Lipinski definition) is 1. The van der Waals surface area contributed by atoms with Crippen LogP contribution in [0.25, 0.3) is 0 Å². The van der Waals surface area contributed by atoms with Gasteiger partial charge in [-0.2, -0.15) is 0 Å². The van der Waals surface area contributed by atoms with Crippen LogP contribution in [0.4, 0.5) is 13.6 Å². The molecule has 0 spiro atoms. The van der Waals surface area contributed by atoms with Crippen LogP contribution in [-0.4, -0.2) is 22.5 Å². The number of aromatic nitrogens is 1. The largest absolute Gasteiger partial charge is 0.329 e. The van der Waals surface area contributed by atoms with Crippen LogP contribution in [0, 0.1) is 11.6 Å². The highest BCUT2D eigenvalue weighted by atomic mass is 32.1. The van der Waals surface area contributed by atoms with Crippen molar-refractivity contribution in [2.75, 3.05) is 6.54 Å². The number of nitrogens with zero attached hydrogens (tertiary/aromatic N) is 2. The number of amides is 2. The molecule has 1 unspecified atom stereocenters. The highest BCUT2D eigenvalue weighted by molar-refractivity contribution is 7.09. The number of carbonyl (C=O) groups is 1. The average molecular weight is 337 g/mol. The quantitative estimate of drug-likeness (QED) is 0.929. The molecule has 0 aliphatic carbocycles. The Bertz CT molecular complexity index is 706. The van der Waals surface area contributed by atoms with Crippen molar-refractivity contribution in [2.24, 2.45) is 0 Å². The molecule has 1 aliphatic rings. The first-order chi connectivity index (χ1) is 11.1. The molecule has 23 heavy (non-hydrogen) atoms. The Morgan fingerprint density at radius 1 is 1.39 bits per heavy atom. The third-order valence-corrected chi connectivity index (χ3v) is 4.93. The van der Waals surface area contributed by atoms with Gasteiger partial charge in [-0.05, 0) is 30.5 Å². The lowest BCUT2D eigenvalue weighted by atomic mass is 9.99. The highest BCUT2D eigenvalue weighted by Gasteiger charge is 2.27. The van der Waals surface area contributed by atoms with Crippen LogP contribution in [0.5, 0.6) is 0 Å². The number of rotatable bonds is 3. The molecule has 1 aliphatic heterocycles. The van der Waals surface area contributed by atoms with Crippen molar-refractivity contribution < 1.29 is 13.6 Å². The van der Waals surface area contributed by atoms with E-state index in [4.69, 9.17) is 0 Å². The molecule has 0 bridgehead atoms. The molecule has 3 rings (SSSR count). The number of fused-ring (bicyclic) bond motifs is 1. The number of thiazole rings is 1. The van der Waals surface area contributed by atoms with Gasteiger partial charge in [0.05, 0.1) is 12.6 Å². The molecule has 0 saturated carbocycles. The van der Waals surface area contributed by atoms with Crippen molar-refractivity contribution >= 4 is 17.4 Å². The maximum atomic E-state index is 13.9. The summed E-state index contributed by atoms with van der Waals surface area (Å²) in [7, 11) is 0. The Hall–Kier alpha value is -2.02. The zero-order valence-electron chi connectivity index (χ0n) is 12.7. The van der Waals surface area contributed by atoms with Gasteiger partial charge >= 0.3 is 6.03 Å². The molecule has 122 valence electrons. The maximum absolute atomic E-state index is 13.9. The lowest BCUT2D eigenvalue weighted by molar-refractivity contribution is 0.186. The van der Waals surface area contributed by atoms with Gasteiger partial charge in [-0.15, -0.1) is 11.3 Å². The maximum Gasteiger partial charge on any atom is 0.318 e. The minimum atomic E-state index is -0.467. The summed E-state index contributed by atoms with van der Waals surface area (Å²) in [5.41, 5.74) is 0.648. The molecule has 2 amide bonds. The Morgan fingerprint density at radius 3 is 2.78 bits per heavy atom. The van der Waals surface area contributed by atoms with Gasteiger partial charge in [0.15, 0.2) is 0 Å². The van der Waals surface area contributed by atoms with E-state index in [0.29, 0.717) is 24.9 Å². The van der Waals surface area contributed by atoms with E-state index in [1.165, 1.54) is 16.2 Å². The third kappa shape index (κ3) is 3.19. The summed E-state index contributed by atoms with van der Waals surface area (Å²) >= 11 is 1.48. The van der Waals surface area contributed by atoms with Gasteiger partial charge in [-0.25, -0.2) is 18.6 Å². The zero-order chi connectivity index (χ0) is 16.4. The van der Waals surface area contributed by atoms with Gasteiger partial charge < -0.3 is 10.2 Å². The molecular weight excluding hydrogens is 320 g/mol. The van der Waals surface area contributed by atoms with Crippen LogP contribution in [0.15, 0.2) is 23.7 Å². The fourth-order valence-electron chi connectivity index (χ4n) is 2.75. The van der Waals surface area contributed by atoms with Gasteiger partial charge in [-0.1, -0.05) is 6.92 Å². The Balaban J connectivity index is 1.73. The topological polar surface area (TPSA) is 45.2 Å². The first-order valence-electron chi connectivity index (χ1n) is 7.50. The van der Waals surface area contributed by atoms with Gasteiger partial charge in [-0.3, -0.25) is 0 Å². The van der Waals surface area contributed by atoms with E-state index < -0.39 is 11.6 Å². The first kappa shape index (κ1) is 15.9. The van der Waals surface area contributed by atoms with Crippen LogP contribution in [0.1, 0.15) is 35.5 Å². The van der Waals surface area contributed by atoms with Gasteiger partial charge in [0, 0.05) is 23.7 Å². The lowest BCUT2D eigenvalue weighted by Gasteiger charge is -2.30. The number of hydrogen-bond acceptors (Lipinski definition) is 3. The molecule has 7 heteroatoms. The first-order valence-corrected chi connectivity index (χ1v) is 8.38. The summed E-state index contributed by atoms with van der Waals surface area (Å²) in [6.07, 6.45) is 2.73. The van der Waals surface area contributed by atoms with Gasteiger partial charge in [0.2, 0.25) is 0 Å². The molecule has 0 saturated heterocycles. The summed E-state index contributed by atoms with van der Waals surface area (Å²) in [5.74, 6) is -0.874. The van der Waals surface area contributed by atoms with Gasteiger partial charge in [0.25, 0.3) is 0 Å². The van der Waals surface area contributed by atoms with Crippen LogP contribution >= 0.6 is 11.3 Å². The SMILES string of the molecule is CCC(NC(=O)N1CCc2c(F)ccc(F)c2C1)c1nccs1. The molecule has 4 nitrogen and oxygen atoms in total. The Kier molecular flexibility index (Phi) is 4.56. The molecule has 1 aromatic carbocycles. The number of urea groups is 1. The summed E-state index contributed by atoms with van der Waals surface area (Å²) in [5, 5.41) is 5.63. The Labute approximate surface area is 137 Å². The molecule has 0 fully saturated rings. The molecule has 1 aromatic heterocycles. The van der Waals surface area contributed by atoms with Crippen LogP contribution in [-0.2, 0) is 13.0 Å². The van der Waals surface area contributed by atoms with Crippen molar-refractivity contribution in [1.29, 1.82) is 0 Å². The van der Waals surface area contributed by atoms with Crippen LogP contribution in [0.3, 0.4) is 0 Å².